The molecule has 0 atom stereocenters. The van der Waals surface area contributed by atoms with Crippen molar-refractivity contribution in [3.05, 3.63) is 34.1 Å². The highest BCUT2D eigenvalue weighted by Gasteiger charge is 2.36. The summed E-state index contributed by atoms with van der Waals surface area (Å²) in [5.74, 6) is -0.464. The van der Waals surface area contributed by atoms with Gasteiger partial charge in [0.2, 0.25) is 5.91 Å². The van der Waals surface area contributed by atoms with E-state index in [9.17, 15) is 9.18 Å². The first kappa shape index (κ1) is 16.4. The molecule has 3 N–H and O–H groups in total. The van der Waals surface area contributed by atoms with Crippen LogP contribution in [0.2, 0.25) is 0 Å². The molecule has 1 aliphatic carbocycles. The molecule has 6 heteroatoms. The molecule has 1 aliphatic rings. The third-order valence-electron chi connectivity index (χ3n) is 3.39. The molecule has 0 bridgehead atoms. The van der Waals surface area contributed by atoms with Gasteiger partial charge in [0, 0.05) is 6.54 Å². The van der Waals surface area contributed by atoms with Gasteiger partial charge in [0.05, 0.1) is 10.0 Å². The number of amides is 1. The number of hydrogen-bond donors (Lipinski definition) is 2. The van der Waals surface area contributed by atoms with E-state index in [1.54, 1.807) is 12.1 Å². The molecule has 0 aliphatic heterocycles. The van der Waals surface area contributed by atoms with Gasteiger partial charge in [0.1, 0.15) is 5.82 Å². The van der Waals surface area contributed by atoms with Gasteiger partial charge in [-0.2, -0.15) is 0 Å². The molecule has 2 rings (SSSR count). The minimum atomic E-state index is -0.728. The molecular weight excluding hydrogens is 335 g/mol. The SMILES string of the molecule is Cl.NC1(C(=O)NCc2ccc(Br)c(F)c2)CCCC1. The molecule has 0 aromatic heterocycles. The maximum atomic E-state index is 13.3. The topological polar surface area (TPSA) is 55.1 Å². The van der Waals surface area contributed by atoms with E-state index in [2.05, 4.69) is 21.2 Å². The minimum Gasteiger partial charge on any atom is -0.350 e. The summed E-state index contributed by atoms with van der Waals surface area (Å²) >= 11 is 3.09. The molecule has 0 saturated heterocycles. The second kappa shape index (κ2) is 6.68. The predicted molar refractivity (Wildman–Crippen MR) is 78.6 cm³/mol. The largest absolute Gasteiger partial charge is 0.350 e. The second-order valence-corrected chi connectivity index (χ2v) is 5.65. The molecular formula is C13H17BrClFN2O. The Labute approximate surface area is 126 Å². The Balaban J connectivity index is 0.00000180. The Hall–Kier alpha value is -0.650. The molecule has 3 nitrogen and oxygen atoms in total. The van der Waals surface area contributed by atoms with Gasteiger partial charge in [0.15, 0.2) is 0 Å². The van der Waals surface area contributed by atoms with Crippen LogP contribution in [0.3, 0.4) is 0 Å². The van der Waals surface area contributed by atoms with E-state index in [4.69, 9.17) is 5.73 Å². The summed E-state index contributed by atoms with van der Waals surface area (Å²) in [4.78, 5) is 12.0. The van der Waals surface area contributed by atoms with Crippen molar-refractivity contribution in [1.82, 2.24) is 5.32 Å². The third-order valence-corrected chi connectivity index (χ3v) is 4.03. The van der Waals surface area contributed by atoms with E-state index >= 15 is 0 Å². The fourth-order valence-corrected chi connectivity index (χ4v) is 2.49. The average molecular weight is 352 g/mol. The average Bonchev–Trinajstić information content (AvgIpc) is 2.79. The molecule has 19 heavy (non-hydrogen) atoms. The Bertz CT molecular complexity index is 464. The van der Waals surface area contributed by atoms with Crippen LogP contribution in [0.1, 0.15) is 31.2 Å². The summed E-state index contributed by atoms with van der Waals surface area (Å²) in [6.45, 7) is 0.308. The Morgan fingerprint density at radius 2 is 2.05 bits per heavy atom. The van der Waals surface area contributed by atoms with Gasteiger partial charge in [-0.3, -0.25) is 4.79 Å². The lowest BCUT2D eigenvalue weighted by molar-refractivity contribution is -0.126. The number of benzene rings is 1. The number of carbonyl (C=O) groups excluding carboxylic acids is 1. The monoisotopic (exact) mass is 350 g/mol. The number of rotatable bonds is 3. The van der Waals surface area contributed by atoms with Crippen LogP contribution in [0, 0.1) is 5.82 Å². The molecule has 1 aromatic carbocycles. The lowest BCUT2D eigenvalue weighted by Gasteiger charge is -2.22. The van der Waals surface area contributed by atoms with E-state index in [1.807, 2.05) is 0 Å². The Morgan fingerprint density at radius 3 is 2.63 bits per heavy atom. The van der Waals surface area contributed by atoms with E-state index in [0.717, 1.165) is 31.2 Å². The van der Waals surface area contributed by atoms with Gasteiger partial charge in [-0.15, -0.1) is 12.4 Å². The van der Waals surface area contributed by atoms with Crippen molar-refractivity contribution >= 4 is 34.2 Å². The van der Waals surface area contributed by atoms with Crippen LogP contribution in [-0.2, 0) is 11.3 Å². The number of nitrogens with two attached hydrogens (primary N) is 1. The van der Waals surface area contributed by atoms with Gasteiger partial charge in [0.25, 0.3) is 0 Å². The number of carbonyl (C=O) groups is 1. The minimum absolute atomic E-state index is 0. The highest BCUT2D eigenvalue weighted by molar-refractivity contribution is 9.10. The zero-order valence-corrected chi connectivity index (χ0v) is 12.8. The van der Waals surface area contributed by atoms with Crippen molar-refractivity contribution in [2.24, 2.45) is 5.73 Å². The second-order valence-electron chi connectivity index (χ2n) is 4.79. The summed E-state index contributed by atoms with van der Waals surface area (Å²) in [7, 11) is 0. The van der Waals surface area contributed by atoms with Crippen LogP contribution in [-0.4, -0.2) is 11.4 Å². The molecule has 0 heterocycles. The van der Waals surface area contributed by atoms with E-state index in [0.29, 0.717) is 11.0 Å². The molecule has 1 amide bonds. The molecule has 1 fully saturated rings. The predicted octanol–water partition coefficient (Wildman–Crippen LogP) is 2.90. The van der Waals surface area contributed by atoms with Gasteiger partial charge in [-0.05, 0) is 46.5 Å². The first-order valence-corrected chi connectivity index (χ1v) is 6.82. The van der Waals surface area contributed by atoms with Crippen LogP contribution in [0.25, 0.3) is 0 Å². The van der Waals surface area contributed by atoms with Crippen LogP contribution in [0.4, 0.5) is 4.39 Å². The first-order valence-electron chi connectivity index (χ1n) is 6.02. The molecule has 0 unspecified atom stereocenters. The first-order chi connectivity index (χ1) is 8.51. The Kier molecular flexibility index (Phi) is 5.77. The van der Waals surface area contributed by atoms with E-state index in [-0.39, 0.29) is 24.1 Å². The fraction of sp³-hybridized carbons (Fsp3) is 0.462. The van der Waals surface area contributed by atoms with Crippen LogP contribution >= 0.6 is 28.3 Å². The molecule has 0 spiro atoms. The van der Waals surface area contributed by atoms with Crippen molar-refractivity contribution in [1.29, 1.82) is 0 Å². The quantitative estimate of drug-likeness (QED) is 0.880. The fourth-order valence-electron chi connectivity index (χ4n) is 2.24. The summed E-state index contributed by atoms with van der Waals surface area (Å²) in [6.07, 6.45) is 3.45. The van der Waals surface area contributed by atoms with Gasteiger partial charge < -0.3 is 11.1 Å². The van der Waals surface area contributed by atoms with Crippen molar-refractivity contribution in [3.8, 4) is 0 Å². The lowest BCUT2D eigenvalue weighted by atomic mass is 9.98. The highest BCUT2D eigenvalue weighted by atomic mass is 79.9. The summed E-state index contributed by atoms with van der Waals surface area (Å²) < 4.78 is 13.7. The third kappa shape index (κ3) is 3.91. The van der Waals surface area contributed by atoms with E-state index < -0.39 is 5.54 Å². The summed E-state index contributed by atoms with van der Waals surface area (Å²) in [5.41, 5.74) is 6.03. The van der Waals surface area contributed by atoms with Crippen LogP contribution < -0.4 is 11.1 Å². The zero-order valence-electron chi connectivity index (χ0n) is 10.4. The highest BCUT2D eigenvalue weighted by Crippen LogP contribution is 2.27. The summed E-state index contributed by atoms with van der Waals surface area (Å²) in [6, 6.07) is 4.80. The van der Waals surface area contributed by atoms with Crippen LogP contribution in [0.15, 0.2) is 22.7 Å². The number of hydrogen-bond acceptors (Lipinski definition) is 2. The van der Waals surface area contributed by atoms with Crippen LogP contribution in [0.5, 0.6) is 0 Å². The van der Waals surface area contributed by atoms with Gasteiger partial charge >= 0.3 is 0 Å². The summed E-state index contributed by atoms with van der Waals surface area (Å²) in [5, 5.41) is 2.78. The maximum absolute atomic E-state index is 13.3. The van der Waals surface area contributed by atoms with Gasteiger partial charge in [-0.25, -0.2) is 4.39 Å². The van der Waals surface area contributed by atoms with Crippen molar-refractivity contribution in [3.63, 3.8) is 0 Å². The smallest absolute Gasteiger partial charge is 0.240 e. The number of halogens is 3. The van der Waals surface area contributed by atoms with Gasteiger partial charge in [-0.1, -0.05) is 18.9 Å². The zero-order chi connectivity index (χ0) is 13.2. The van der Waals surface area contributed by atoms with Crippen molar-refractivity contribution in [2.45, 2.75) is 37.8 Å². The standard InChI is InChI=1S/C13H16BrFN2O.ClH/c14-10-4-3-9(7-11(10)15)8-17-12(18)13(16)5-1-2-6-13;/h3-4,7H,1-2,5-6,8,16H2,(H,17,18);1H. The maximum Gasteiger partial charge on any atom is 0.240 e. The number of nitrogens with one attached hydrogen (secondary N) is 1. The molecule has 1 aromatic rings. The lowest BCUT2D eigenvalue weighted by Crippen LogP contribution is -2.51. The Morgan fingerprint density at radius 1 is 1.42 bits per heavy atom. The molecule has 106 valence electrons. The van der Waals surface area contributed by atoms with Crippen molar-refractivity contribution in [2.75, 3.05) is 0 Å². The normalized spacial score (nSPS) is 16.8. The molecule has 1 saturated carbocycles. The van der Waals surface area contributed by atoms with E-state index in [1.165, 1.54) is 6.07 Å². The molecule has 0 radical (unpaired) electrons. The van der Waals surface area contributed by atoms with Crippen molar-refractivity contribution < 1.29 is 9.18 Å².